The quantitative estimate of drug-likeness (QED) is 0.517. The van der Waals surface area contributed by atoms with Gasteiger partial charge in [0.25, 0.3) is 0 Å². The molecule has 1 atom stereocenters. The normalized spacial score (nSPS) is 12.1. The average molecular weight is 364 g/mol. The minimum Gasteiger partial charge on any atom is -0.494 e. The molecule has 3 aromatic rings. The van der Waals surface area contributed by atoms with Gasteiger partial charge in [-0.05, 0) is 62.1 Å². The molecule has 0 bridgehead atoms. The van der Waals surface area contributed by atoms with E-state index < -0.39 is 0 Å². The van der Waals surface area contributed by atoms with Gasteiger partial charge in [0.1, 0.15) is 22.8 Å². The fourth-order valence-corrected chi connectivity index (χ4v) is 3.11. The van der Waals surface area contributed by atoms with Crippen LogP contribution in [0.1, 0.15) is 38.7 Å². The van der Waals surface area contributed by atoms with Crippen molar-refractivity contribution in [2.75, 3.05) is 12.3 Å². The molecular weight excluding hydrogens is 336 g/mol. The summed E-state index contributed by atoms with van der Waals surface area (Å²) in [5.41, 5.74) is 7.99. The largest absolute Gasteiger partial charge is 0.494 e. The van der Waals surface area contributed by atoms with Crippen LogP contribution in [0.3, 0.4) is 0 Å². The maximum Gasteiger partial charge on any atom is 0.146 e. The molecule has 0 aliphatic rings. The summed E-state index contributed by atoms with van der Waals surface area (Å²) in [5, 5.41) is 1.03. The van der Waals surface area contributed by atoms with Gasteiger partial charge in [-0.2, -0.15) is 0 Å². The van der Waals surface area contributed by atoms with Crippen LogP contribution in [0.4, 0.5) is 5.82 Å². The summed E-state index contributed by atoms with van der Waals surface area (Å²) in [7, 11) is 0. The highest BCUT2D eigenvalue weighted by Gasteiger charge is 2.09. The highest BCUT2D eigenvalue weighted by Crippen LogP contribution is 2.26. The number of anilines is 1. The lowest BCUT2D eigenvalue weighted by molar-refractivity contribution is 0.195. The molecule has 2 N–H and O–H groups in total. The summed E-state index contributed by atoms with van der Waals surface area (Å²) < 4.78 is 11.9. The number of para-hydroxylation sites is 1. The molecule has 3 rings (SSSR count). The van der Waals surface area contributed by atoms with E-state index in [1.165, 1.54) is 5.56 Å². The van der Waals surface area contributed by atoms with E-state index in [9.17, 15) is 0 Å². The Labute approximate surface area is 161 Å². The van der Waals surface area contributed by atoms with Crippen molar-refractivity contribution in [3.05, 3.63) is 60.2 Å². The van der Waals surface area contributed by atoms with Gasteiger partial charge in [-0.15, -0.1) is 0 Å². The molecule has 4 heteroatoms. The zero-order valence-corrected chi connectivity index (χ0v) is 16.2. The molecule has 0 saturated carbocycles. The fraction of sp³-hybridized carbons (Fsp3) is 0.348. The van der Waals surface area contributed by atoms with Gasteiger partial charge in [0.15, 0.2) is 0 Å². The minimum atomic E-state index is 0.0781. The third-order valence-electron chi connectivity index (χ3n) is 4.52. The van der Waals surface area contributed by atoms with Crippen molar-refractivity contribution in [1.29, 1.82) is 0 Å². The van der Waals surface area contributed by atoms with Gasteiger partial charge in [-0.3, -0.25) is 0 Å². The summed E-state index contributed by atoms with van der Waals surface area (Å²) in [6.07, 6.45) is 4.19. The number of nitrogens with two attached hydrogens (primary N) is 1. The first kappa shape index (κ1) is 19.0. The SMILES string of the molecule is CCCc1ccc(OCCCC(C)Oc2cccc3ccc(N)nc23)cc1. The Morgan fingerprint density at radius 2 is 1.85 bits per heavy atom. The van der Waals surface area contributed by atoms with Crippen LogP contribution in [0.15, 0.2) is 54.6 Å². The molecule has 2 aromatic carbocycles. The number of aryl methyl sites for hydroxylation is 1. The first-order valence-electron chi connectivity index (χ1n) is 9.69. The number of rotatable bonds is 9. The van der Waals surface area contributed by atoms with Crippen molar-refractivity contribution in [2.45, 2.75) is 45.6 Å². The molecular formula is C23H28N2O2. The van der Waals surface area contributed by atoms with Gasteiger partial charge in [0.05, 0.1) is 12.7 Å². The zero-order chi connectivity index (χ0) is 19.1. The molecule has 1 aromatic heterocycles. The van der Waals surface area contributed by atoms with E-state index in [0.29, 0.717) is 12.4 Å². The lowest BCUT2D eigenvalue weighted by Gasteiger charge is -2.16. The molecule has 1 heterocycles. The number of hydrogen-bond acceptors (Lipinski definition) is 4. The maximum atomic E-state index is 6.10. The summed E-state index contributed by atoms with van der Waals surface area (Å²) in [6, 6.07) is 18.1. The third kappa shape index (κ3) is 5.36. The van der Waals surface area contributed by atoms with Crippen LogP contribution in [-0.4, -0.2) is 17.7 Å². The molecule has 142 valence electrons. The molecule has 0 fully saturated rings. The van der Waals surface area contributed by atoms with Crippen LogP contribution in [0.25, 0.3) is 10.9 Å². The predicted molar refractivity (Wildman–Crippen MR) is 111 cm³/mol. The Balaban J connectivity index is 1.47. The summed E-state index contributed by atoms with van der Waals surface area (Å²) in [6.45, 7) is 4.95. The van der Waals surface area contributed by atoms with Crippen molar-refractivity contribution in [1.82, 2.24) is 4.98 Å². The van der Waals surface area contributed by atoms with Crippen molar-refractivity contribution >= 4 is 16.7 Å². The second-order valence-corrected chi connectivity index (χ2v) is 6.88. The standard InChI is InChI=1S/C23H28N2O2/c1-3-6-18-10-13-20(14-11-18)26-16-5-7-17(2)27-21-9-4-8-19-12-15-22(24)25-23(19)21/h4,8-15,17H,3,5-7,16H2,1-2H3,(H2,24,25). The van der Waals surface area contributed by atoms with Gasteiger partial charge >= 0.3 is 0 Å². The highest BCUT2D eigenvalue weighted by atomic mass is 16.5. The van der Waals surface area contributed by atoms with E-state index in [0.717, 1.165) is 48.1 Å². The summed E-state index contributed by atoms with van der Waals surface area (Å²) in [4.78, 5) is 4.41. The smallest absolute Gasteiger partial charge is 0.146 e. The van der Waals surface area contributed by atoms with Gasteiger partial charge in [0.2, 0.25) is 0 Å². The second-order valence-electron chi connectivity index (χ2n) is 6.88. The number of pyridine rings is 1. The van der Waals surface area contributed by atoms with Crippen molar-refractivity contribution < 1.29 is 9.47 Å². The zero-order valence-electron chi connectivity index (χ0n) is 16.2. The Morgan fingerprint density at radius 3 is 2.63 bits per heavy atom. The number of ether oxygens (including phenoxy) is 2. The summed E-state index contributed by atoms with van der Waals surface area (Å²) >= 11 is 0. The van der Waals surface area contributed by atoms with Crippen LogP contribution >= 0.6 is 0 Å². The van der Waals surface area contributed by atoms with Crippen LogP contribution in [-0.2, 0) is 6.42 Å². The summed E-state index contributed by atoms with van der Waals surface area (Å²) in [5.74, 6) is 2.21. The molecule has 0 aliphatic heterocycles. The van der Waals surface area contributed by atoms with E-state index in [-0.39, 0.29) is 6.10 Å². The monoisotopic (exact) mass is 364 g/mol. The maximum absolute atomic E-state index is 6.10. The molecule has 0 aliphatic carbocycles. The molecule has 0 amide bonds. The van der Waals surface area contributed by atoms with Crippen LogP contribution in [0, 0.1) is 0 Å². The van der Waals surface area contributed by atoms with E-state index >= 15 is 0 Å². The Hall–Kier alpha value is -2.75. The van der Waals surface area contributed by atoms with Crippen molar-refractivity contribution in [3.8, 4) is 11.5 Å². The average Bonchev–Trinajstić information content (AvgIpc) is 2.67. The fourth-order valence-electron chi connectivity index (χ4n) is 3.11. The minimum absolute atomic E-state index is 0.0781. The second kappa shape index (κ2) is 9.26. The Kier molecular flexibility index (Phi) is 6.53. The first-order chi connectivity index (χ1) is 13.2. The van der Waals surface area contributed by atoms with E-state index in [1.54, 1.807) is 0 Å². The van der Waals surface area contributed by atoms with E-state index in [1.807, 2.05) is 30.3 Å². The number of fused-ring (bicyclic) bond motifs is 1. The Morgan fingerprint density at radius 1 is 1.04 bits per heavy atom. The molecule has 0 spiro atoms. The predicted octanol–water partition coefficient (Wildman–Crippen LogP) is 5.40. The molecule has 27 heavy (non-hydrogen) atoms. The van der Waals surface area contributed by atoms with Crippen LogP contribution < -0.4 is 15.2 Å². The number of nitrogens with zero attached hydrogens (tertiary/aromatic N) is 1. The van der Waals surface area contributed by atoms with Gasteiger partial charge < -0.3 is 15.2 Å². The van der Waals surface area contributed by atoms with E-state index in [4.69, 9.17) is 15.2 Å². The Bertz CT molecular complexity index is 862. The highest BCUT2D eigenvalue weighted by molar-refractivity contribution is 5.85. The molecule has 0 saturated heterocycles. The van der Waals surface area contributed by atoms with Crippen LogP contribution in [0.2, 0.25) is 0 Å². The molecule has 0 radical (unpaired) electrons. The lowest BCUT2D eigenvalue weighted by Crippen LogP contribution is -2.13. The third-order valence-corrected chi connectivity index (χ3v) is 4.52. The lowest BCUT2D eigenvalue weighted by atomic mass is 10.1. The molecule has 4 nitrogen and oxygen atoms in total. The molecule has 1 unspecified atom stereocenters. The van der Waals surface area contributed by atoms with Crippen molar-refractivity contribution in [2.24, 2.45) is 0 Å². The van der Waals surface area contributed by atoms with Crippen molar-refractivity contribution in [3.63, 3.8) is 0 Å². The number of benzene rings is 2. The number of hydrogen-bond donors (Lipinski definition) is 1. The van der Waals surface area contributed by atoms with Crippen LogP contribution in [0.5, 0.6) is 11.5 Å². The van der Waals surface area contributed by atoms with Gasteiger partial charge in [0, 0.05) is 5.39 Å². The topological polar surface area (TPSA) is 57.4 Å². The van der Waals surface area contributed by atoms with Gasteiger partial charge in [-0.1, -0.05) is 37.6 Å². The number of aromatic nitrogens is 1. The van der Waals surface area contributed by atoms with Gasteiger partial charge in [-0.25, -0.2) is 4.98 Å². The first-order valence-corrected chi connectivity index (χ1v) is 9.69. The van der Waals surface area contributed by atoms with E-state index in [2.05, 4.69) is 43.1 Å². The number of nitrogen functional groups attached to an aromatic ring is 1.